The van der Waals surface area contributed by atoms with Crippen molar-refractivity contribution in [1.82, 2.24) is 5.32 Å². The second-order valence-corrected chi connectivity index (χ2v) is 4.73. The molecule has 5 heteroatoms. The molecule has 22 heavy (non-hydrogen) atoms. The van der Waals surface area contributed by atoms with Gasteiger partial charge < -0.3 is 10.6 Å². The number of rotatable bonds is 6. The molecule has 0 saturated carbocycles. The van der Waals surface area contributed by atoms with E-state index in [1.54, 1.807) is 42.5 Å². The van der Waals surface area contributed by atoms with Gasteiger partial charge in [0.05, 0.1) is 11.6 Å². The summed E-state index contributed by atoms with van der Waals surface area (Å²) in [5.41, 5.74) is 1.91. The first-order valence-corrected chi connectivity index (χ1v) is 6.93. The maximum absolute atomic E-state index is 13.4. The van der Waals surface area contributed by atoms with Crippen molar-refractivity contribution in [1.29, 1.82) is 5.26 Å². The average molecular weight is 297 g/mol. The van der Waals surface area contributed by atoms with Crippen LogP contribution in [0.2, 0.25) is 0 Å². The van der Waals surface area contributed by atoms with E-state index in [0.717, 1.165) is 5.69 Å². The number of amides is 1. The molecular formula is C17H16FN3O. The smallest absolute Gasteiger partial charge is 0.222 e. The van der Waals surface area contributed by atoms with E-state index >= 15 is 0 Å². The summed E-state index contributed by atoms with van der Waals surface area (Å²) in [6.07, 6.45) is 0.286. The Morgan fingerprint density at radius 2 is 1.86 bits per heavy atom. The van der Waals surface area contributed by atoms with Gasteiger partial charge in [0.1, 0.15) is 5.82 Å². The lowest BCUT2D eigenvalue weighted by Gasteiger charge is -2.08. The second kappa shape index (κ2) is 7.79. The van der Waals surface area contributed by atoms with Crippen LogP contribution in [-0.2, 0) is 11.3 Å². The molecule has 0 spiro atoms. The van der Waals surface area contributed by atoms with Crippen molar-refractivity contribution >= 4 is 11.6 Å². The molecule has 0 aliphatic heterocycles. The zero-order valence-corrected chi connectivity index (χ0v) is 12.0. The molecule has 1 amide bonds. The highest BCUT2D eigenvalue weighted by atomic mass is 19.1. The normalized spacial score (nSPS) is 9.82. The molecule has 0 radical (unpaired) electrons. The fraction of sp³-hybridized carbons (Fsp3) is 0.176. The summed E-state index contributed by atoms with van der Waals surface area (Å²) in [5.74, 6) is -0.470. The lowest BCUT2D eigenvalue weighted by atomic mass is 10.2. The van der Waals surface area contributed by atoms with Gasteiger partial charge in [0.2, 0.25) is 5.91 Å². The molecule has 0 bridgehead atoms. The summed E-state index contributed by atoms with van der Waals surface area (Å²) in [6.45, 7) is 0.650. The number of anilines is 1. The van der Waals surface area contributed by atoms with Crippen molar-refractivity contribution in [2.75, 3.05) is 11.9 Å². The van der Waals surface area contributed by atoms with Gasteiger partial charge in [-0.15, -0.1) is 0 Å². The summed E-state index contributed by atoms with van der Waals surface area (Å²) in [4.78, 5) is 11.7. The number of carbonyl (C=O) groups excluding carboxylic acids is 1. The van der Waals surface area contributed by atoms with E-state index in [-0.39, 0.29) is 24.7 Å². The van der Waals surface area contributed by atoms with Crippen LogP contribution >= 0.6 is 0 Å². The molecule has 0 atom stereocenters. The predicted molar refractivity (Wildman–Crippen MR) is 82.5 cm³/mol. The van der Waals surface area contributed by atoms with Gasteiger partial charge in [-0.3, -0.25) is 4.79 Å². The van der Waals surface area contributed by atoms with Gasteiger partial charge in [0.25, 0.3) is 0 Å². The molecule has 2 aromatic rings. The Kier molecular flexibility index (Phi) is 5.50. The van der Waals surface area contributed by atoms with Crippen LogP contribution in [-0.4, -0.2) is 12.5 Å². The lowest BCUT2D eigenvalue weighted by molar-refractivity contribution is -0.121. The molecule has 112 valence electrons. The van der Waals surface area contributed by atoms with E-state index in [1.807, 2.05) is 6.07 Å². The minimum Gasteiger partial charge on any atom is -0.385 e. The standard InChI is InChI=1S/C17H16FN3O/c18-16-4-2-1-3-14(16)12-21-17(22)9-10-20-15-7-5-13(11-19)6-8-15/h1-8,20H,9-10,12H2,(H,21,22). The number of nitrogens with one attached hydrogen (secondary N) is 2. The Hall–Kier alpha value is -2.87. The van der Waals surface area contributed by atoms with Crippen LogP contribution in [0.4, 0.5) is 10.1 Å². The zero-order valence-electron chi connectivity index (χ0n) is 12.0. The van der Waals surface area contributed by atoms with Crippen LogP contribution in [0.1, 0.15) is 17.5 Å². The number of hydrogen-bond donors (Lipinski definition) is 2. The zero-order chi connectivity index (χ0) is 15.8. The Morgan fingerprint density at radius 3 is 2.55 bits per heavy atom. The van der Waals surface area contributed by atoms with Gasteiger partial charge in [-0.05, 0) is 30.3 Å². The third-order valence-corrected chi connectivity index (χ3v) is 3.13. The molecule has 0 fully saturated rings. The topological polar surface area (TPSA) is 64.9 Å². The van der Waals surface area contributed by atoms with Crippen molar-refractivity contribution < 1.29 is 9.18 Å². The molecule has 0 aliphatic rings. The molecule has 2 N–H and O–H groups in total. The first kappa shape index (κ1) is 15.5. The highest BCUT2D eigenvalue weighted by molar-refractivity contribution is 5.76. The molecule has 0 saturated heterocycles. The van der Waals surface area contributed by atoms with E-state index in [1.165, 1.54) is 6.07 Å². The van der Waals surface area contributed by atoms with Crippen molar-refractivity contribution in [3.8, 4) is 6.07 Å². The third-order valence-electron chi connectivity index (χ3n) is 3.13. The number of nitrogens with zero attached hydrogens (tertiary/aromatic N) is 1. The molecule has 0 unspecified atom stereocenters. The number of halogens is 1. The highest BCUT2D eigenvalue weighted by Crippen LogP contribution is 2.08. The van der Waals surface area contributed by atoms with Gasteiger partial charge in [-0.25, -0.2) is 4.39 Å². The predicted octanol–water partition coefficient (Wildman–Crippen LogP) is 2.82. The summed E-state index contributed by atoms with van der Waals surface area (Å²) in [5, 5.41) is 14.5. The molecule has 0 aromatic heterocycles. The minimum atomic E-state index is -0.321. The Morgan fingerprint density at radius 1 is 1.14 bits per heavy atom. The van der Waals surface area contributed by atoms with Gasteiger partial charge in [-0.2, -0.15) is 5.26 Å². The Balaban J connectivity index is 1.71. The van der Waals surface area contributed by atoms with Crippen molar-refractivity contribution in [2.45, 2.75) is 13.0 Å². The summed E-state index contributed by atoms with van der Waals surface area (Å²) >= 11 is 0. The summed E-state index contributed by atoms with van der Waals surface area (Å²) in [7, 11) is 0. The molecule has 2 rings (SSSR count). The number of benzene rings is 2. The summed E-state index contributed by atoms with van der Waals surface area (Å²) < 4.78 is 13.4. The van der Waals surface area contributed by atoms with Crippen molar-refractivity contribution in [2.24, 2.45) is 0 Å². The largest absolute Gasteiger partial charge is 0.385 e. The van der Waals surface area contributed by atoms with Crippen LogP contribution in [0.3, 0.4) is 0 Å². The SMILES string of the molecule is N#Cc1ccc(NCCC(=O)NCc2ccccc2F)cc1. The Labute approximate surface area is 128 Å². The van der Waals surface area contributed by atoms with Gasteiger partial charge >= 0.3 is 0 Å². The van der Waals surface area contributed by atoms with E-state index in [4.69, 9.17) is 5.26 Å². The second-order valence-electron chi connectivity index (χ2n) is 4.73. The number of nitriles is 1. The quantitative estimate of drug-likeness (QED) is 0.861. The van der Waals surface area contributed by atoms with E-state index in [2.05, 4.69) is 10.6 Å². The fourth-order valence-electron chi connectivity index (χ4n) is 1.91. The van der Waals surface area contributed by atoms with Crippen LogP contribution in [0, 0.1) is 17.1 Å². The minimum absolute atomic E-state index is 0.149. The van der Waals surface area contributed by atoms with Crippen LogP contribution in [0.25, 0.3) is 0 Å². The molecule has 0 aliphatic carbocycles. The maximum atomic E-state index is 13.4. The van der Waals surface area contributed by atoms with Crippen molar-refractivity contribution in [3.05, 3.63) is 65.5 Å². The van der Waals surface area contributed by atoms with E-state index in [9.17, 15) is 9.18 Å². The Bertz CT molecular complexity index is 677. The monoisotopic (exact) mass is 297 g/mol. The molecular weight excluding hydrogens is 281 g/mol. The fourth-order valence-corrected chi connectivity index (χ4v) is 1.91. The highest BCUT2D eigenvalue weighted by Gasteiger charge is 2.04. The van der Waals surface area contributed by atoms with Crippen molar-refractivity contribution in [3.63, 3.8) is 0 Å². The first-order valence-electron chi connectivity index (χ1n) is 6.93. The van der Waals surface area contributed by atoms with E-state index in [0.29, 0.717) is 17.7 Å². The number of hydrogen-bond acceptors (Lipinski definition) is 3. The van der Waals surface area contributed by atoms with Gasteiger partial charge in [-0.1, -0.05) is 18.2 Å². The van der Waals surface area contributed by atoms with Crippen LogP contribution in [0.15, 0.2) is 48.5 Å². The van der Waals surface area contributed by atoms with E-state index < -0.39 is 0 Å². The maximum Gasteiger partial charge on any atom is 0.222 e. The first-order chi connectivity index (χ1) is 10.7. The van der Waals surface area contributed by atoms with Gasteiger partial charge in [0.15, 0.2) is 0 Å². The lowest BCUT2D eigenvalue weighted by Crippen LogP contribution is -2.25. The molecule has 4 nitrogen and oxygen atoms in total. The van der Waals surface area contributed by atoms with Gasteiger partial charge in [0, 0.05) is 30.8 Å². The average Bonchev–Trinajstić information content (AvgIpc) is 2.55. The summed E-state index contributed by atoms with van der Waals surface area (Å²) in [6, 6.07) is 15.4. The molecule has 2 aromatic carbocycles. The number of carbonyl (C=O) groups is 1. The molecule has 0 heterocycles. The van der Waals surface area contributed by atoms with Crippen LogP contribution < -0.4 is 10.6 Å². The third kappa shape index (κ3) is 4.60. The van der Waals surface area contributed by atoms with Crippen LogP contribution in [0.5, 0.6) is 0 Å².